The molecule has 0 saturated heterocycles. The molecule has 1 aromatic carbocycles. The van der Waals surface area contributed by atoms with Crippen molar-refractivity contribution >= 4 is 23.3 Å². The van der Waals surface area contributed by atoms with E-state index in [-0.39, 0.29) is 0 Å². The first-order valence-corrected chi connectivity index (χ1v) is 6.60. The van der Waals surface area contributed by atoms with Gasteiger partial charge in [0.2, 0.25) is 0 Å². The molecule has 1 heterocycles. The van der Waals surface area contributed by atoms with Gasteiger partial charge in [-0.3, -0.25) is 4.98 Å². The van der Waals surface area contributed by atoms with E-state index in [4.69, 9.17) is 9.15 Å². The molecule has 2 rings (SSSR count). The fourth-order valence-corrected chi connectivity index (χ4v) is 1.72. The third-order valence-corrected chi connectivity index (χ3v) is 2.52. The van der Waals surface area contributed by atoms with Gasteiger partial charge in [0, 0.05) is 6.54 Å². The van der Waals surface area contributed by atoms with Crippen molar-refractivity contribution in [2.45, 2.75) is 26.4 Å². The monoisotopic (exact) mass is 290 g/mol. The molecular weight excluding hydrogens is 272 g/mol. The van der Waals surface area contributed by atoms with Gasteiger partial charge in [0.25, 0.3) is 0 Å². The van der Waals surface area contributed by atoms with Gasteiger partial charge in [-0.2, -0.15) is 0 Å². The van der Waals surface area contributed by atoms with E-state index in [0.29, 0.717) is 17.6 Å². The molecule has 0 atom stereocenters. The van der Waals surface area contributed by atoms with Crippen molar-refractivity contribution in [3.8, 4) is 0 Å². The lowest BCUT2D eigenvalue weighted by Crippen LogP contribution is -2.32. The summed E-state index contributed by atoms with van der Waals surface area (Å²) in [4.78, 5) is 25.1. The Balaban J connectivity index is 1.91. The van der Waals surface area contributed by atoms with Crippen LogP contribution in [0.1, 0.15) is 26.3 Å². The van der Waals surface area contributed by atoms with Crippen molar-refractivity contribution in [2.24, 2.45) is 0 Å². The second kappa shape index (κ2) is 5.87. The maximum atomic E-state index is 11.4. The number of hydrogen-bond acceptors (Lipinski definition) is 4. The Morgan fingerprint density at radius 3 is 2.90 bits per heavy atom. The van der Waals surface area contributed by atoms with Crippen LogP contribution in [0.15, 0.2) is 33.5 Å². The van der Waals surface area contributed by atoms with Crippen LogP contribution >= 0.6 is 0 Å². The van der Waals surface area contributed by atoms with Crippen LogP contribution in [0, 0.1) is 0 Å². The number of amides is 1. The van der Waals surface area contributed by atoms with E-state index in [2.05, 4.69) is 10.3 Å². The van der Waals surface area contributed by atoms with Gasteiger partial charge in [0.15, 0.2) is 5.58 Å². The summed E-state index contributed by atoms with van der Waals surface area (Å²) in [5.74, 6) is -0.474. The highest BCUT2D eigenvalue weighted by Crippen LogP contribution is 2.13. The first-order valence-electron chi connectivity index (χ1n) is 6.60. The average molecular weight is 290 g/mol. The van der Waals surface area contributed by atoms with Gasteiger partial charge in [0.1, 0.15) is 5.60 Å². The van der Waals surface area contributed by atoms with Crippen molar-refractivity contribution in [3.63, 3.8) is 0 Å². The maximum absolute atomic E-state index is 11.4. The summed E-state index contributed by atoms with van der Waals surface area (Å²) in [5.41, 5.74) is 1.54. The highest BCUT2D eigenvalue weighted by molar-refractivity contribution is 5.75. The molecule has 0 aliphatic heterocycles. The number of H-pyrrole nitrogens is 1. The average Bonchev–Trinajstić information content (AvgIpc) is 2.71. The first kappa shape index (κ1) is 14.9. The molecule has 0 saturated carbocycles. The van der Waals surface area contributed by atoms with E-state index in [1.54, 1.807) is 18.2 Å². The predicted octanol–water partition coefficient (Wildman–Crippen LogP) is 2.66. The number of aromatic amines is 1. The summed E-state index contributed by atoms with van der Waals surface area (Å²) < 4.78 is 10.0. The molecule has 21 heavy (non-hydrogen) atoms. The number of rotatable bonds is 3. The number of hydrogen-bond donors (Lipinski definition) is 2. The number of carbonyl (C=O) groups is 1. The zero-order valence-electron chi connectivity index (χ0n) is 12.2. The summed E-state index contributed by atoms with van der Waals surface area (Å²) in [6.45, 7) is 5.78. The van der Waals surface area contributed by atoms with Crippen molar-refractivity contribution in [1.82, 2.24) is 10.3 Å². The van der Waals surface area contributed by atoms with Crippen molar-refractivity contribution < 1.29 is 13.9 Å². The van der Waals surface area contributed by atoms with Crippen LogP contribution in [0.3, 0.4) is 0 Å². The molecule has 1 aromatic heterocycles. The molecule has 6 nitrogen and oxygen atoms in total. The second-order valence-electron chi connectivity index (χ2n) is 5.56. The minimum atomic E-state index is -0.508. The Kier molecular flexibility index (Phi) is 4.16. The number of aromatic nitrogens is 1. The number of carbonyl (C=O) groups excluding carboxylic acids is 1. The fraction of sp³-hybridized carbons (Fsp3) is 0.333. The van der Waals surface area contributed by atoms with E-state index in [9.17, 15) is 9.59 Å². The van der Waals surface area contributed by atoms with Gasteiger partial charge in [0.05, 0.1) is 5.52 Å². The number of alkyl carbamates (subject to hydrolysis) is 1. The SMILES string of the molecule is CC(C)(C)OC(=O)NCC=Cc1ccc2oc(=O)[nH]c2c1. The Morgan fingerprint density at radius 1 is 1.43 bits per heavy atom. The molecule has 0 radical (unpaired) electrons. The van der Waals surface area contributed by atoms with Crippen molar-refractivity contribution in [3.05, 3.63) is 40.4 Å². The molecule has 112 valence electrons. The van der Waals surface area contributed by atoms with E-state index in [1.165, 1.54) is 0 Å². The Bertz CT molecular complexity index is 719. The van der Waals surface area contributed by atoms with Crippen LogP contribution in [0.4, 0.5) is 4.79 Å². The number of ether oxygens (including phenoxy) is 1. The number of nitrogens with one attached hydrogen (secondary N) is 2. The Labute approximate surface area is 121 Å². The van der Waals surface area contributed by atoms with Gasteiger partial charge in [-0.25, -0.2) is 9.59 Å². The molecule has 0 aliphatic carbocycles. The maximum Gasteiger partial charge on any atom is 0.417 e. The smallest absolute Gasteiger partial charge is 0.417 e. The summed E-state index contributed by atoms with van der Waals surface area (Å²) in [6, 6.07) is 5.33. The van der Waals surface area contributed by atoms with E-state index < -0.39 is 17.5 Å². The van der Waals surface area contributed by atoms with Gasteiger partial charge in [-0.05, 0) is 38.5 Å². The van der Waals surface area contributed by atoms with Gasteiger partial charge in [-0.15, -0.1) is 0 Å². The summed E-state index contributed by atoms with van der Waals surface area (Å²) in [5, 5.41) is 2.63. The highest BCUT2D eigenvalue weighted by Gasteiger charge is 2.14. The van der Waals surface area contributed by atoms with Crippen LogP contribution in [-0.4, -0.2) is 23.2 Å². The summed E-state index contributed by atoms with van der Waals surface area (Å²) in [6.07, 6.45) is 3.17. The summed E-state index contributed by atoms with van der Waals surface area (Å²) in [7, 11) is 0. The Morgan fingerprint density at radius 2 is 2.19 bits per heavy atom. The van der Waals surface area contributed by atoms with Gasteiger partial charge in [-0.1, -0.05) is 18.2 Å². The van der Waals surface area contributed by atoms with E-state index >= 15 is 0 Å². The molecule has 0 unspecified atom stereocenters. The third kappa shape index (κ3) is 4.52. The van der Waals surface area contributed by atoms with Gasteiger partial charge >= 0.3 is 11.8 Å². The van der Waals surface area contributed by atoms with Crippen molar-refractivity contribution in [1.29, 1.82) is 0 Å². The van der Waals surface area contributed by atoms with Crippen LogP contribution in [0.2, 0.25) is 0 Å². The second-order valence-corrected chi connectivity index (χ2v) is 5.56. The lowest BCUT2D eigenvalue weighted by atomic mass is 10.2. The quantitative estimate of drug-likeness (QED) is 0.910. The standard InChI is InChI=1S/C15H18N2O4/c1-15(2,3)21-13(18)16-8-4-5-10-6-7-12-11(9-10)17-14(19)20-12/h4-7,9H,8H2,1-3H3,(H,16,18)(H,17,19). The zero-order chi connectivity index (χ0) is 15.5. The first-order chi connectivity index (χ1) is 9.83. The Hall–Kier alpha value is -2.50. The minimum Gasteiger partial charge on any atom is -0.444 e. The van der Waals surface area contributed by atoms with Crippen LogP contribution < -0.4 is 11.1 Å². The van der Waals surface area contributed by atoms with Crippen LogP contribution in [-0.2, 0) is 4.74 Å². The number of oxazole rings is 1. The highest BCUT2D eigenvalue weighted by atomic mass is 16.6. The topological polar surface area (TPSA) is 84.3 Å². The van der Waals surface area contributed by atoms with Crippen LogP contribution in [0.5, 0.6) is 0 Å². The molecular formula is C15H18N2O4. The molecule has 6 heteroatoms. The summed E-state index contributed by atoms with van der Waals surface area (Å²) >= 11 is 0. The molecule has 0 fully saturated rings. The van der Waals surface area contributed by atoms with Crippen LogP contribution in [0.25, 0.3) is 17.2 Å². The lowest BCUT2D eigenvalue weighted by Gasteiger charge is -2.19. The predicted molar refractivity (Wildman–Crippen MR) is 80.1 cm³/mol. The minimum absolute atomic E-state index is 0.356. The third-order valence-electron chi connectivity index (χ3n) is 2.52. The number of fused-ring (bicyclic) bond motifs is 1. The van der Waals surface area contributed by atoms with E-state index in [0.717, 1.165) is 5.56 Å². The molecule has 2 aromatic rings. The van der Waals surface area contributed by atoms with Gasteiger partial charge < -0.3 is 14.5 Å². The molecule has 2 N–H and O–H groups in total. The largest absolute Gasteiger partial charge is 0.444 e. The normalized spacial score (nSPS) is 12.0. The fourth-order valence-electron chi connectivity index (χ4n) is 1.72. The molecule has 0 aliphatic rings. The molecule has 0 bridgehead atoms. The van der Waals surface area contributed by atoms with Crippen molar-refractivity contribution in [2.75, 3.05) is 6.54 Å². The molecule has 0 spiro atoms. The number of benzene rings is 1. The lowest BCUT2D eigenvalue weighted by molar-refractivity contribution is 0.0534. The zero-order valence-corrected chi connectivity index (χ0v) is 12.2. The van der Waals surface area contributed by atoms with E-state index in [1.807, 2.05) is 32.9 Å². The molecule has 1 amide bonds.